The van der Waals surface area contributed by atoms with E-state index in [0.717, 1.165) is 82.8 Å². The molecule has 0 aliphatic heterocycles. The second kappa shape index (κ2) is 12.6. The Morgan fingerprint density at radius 2 is 0.895 bits per heavy atom. The molecule has 4 aromatic heterocycles. The van der Waals surface area contributed by atoms with Gasteiger partial charge in [-0.1, -0.05) is 127 Å². The zero-order valence-corrected chi connectivity index (χ0v) is 31.1. The first kappa shape index (κ1) is 31.9. The topological polar surface area (TPSA) is 65.0 Å². The molecule has 8 aromatic carbocycles. The van der Waals surface area contributed by atoms with Crippen molar-refractivity contribution in [2.24, 2.45) is 0 Å². The molecule has 0 amide bonds. The van der Waals surface area contributed by atoms with Crippen molar-refractivity contribution < 1.29 is 8.83 Å². The lowest BCUT2D eigenvalue weighted by atomic mass is 9.94. The molecular weight excluding hydrogens is 719 g/mol. The second-order valence-corrected chi connectivity index (χ2v) is 15.4. The fraction of sp³-hybridized carbons (Fsp3) is 0. The van der Waals surface area contributed by atoms with Crippen LogP contribution in [0.5, 0.6) is 0 Å². The number of hydrogen-bond donors (Lipinski definition) is 0. The molecular formula is C51H29N3O2S. The number of hydrogen-bond acceptors (Lipinski definition) is 6. The van der Waals surface area contributed by atoms with E-state index >= 15 is 0 Å². The molecule has 5 nitrogen and oxygen atoms in total. The van der Waals surface area contributed by atoms with Crippen LogP contribution in [0.25, 0.3) is 120 Å². The van der Waals surface area contributed by atoms with Crippen LogP contribution >= 0.6 is 11.3 Å². The van der Waals surface area contributed by atoms with Crippen LogP contribution in [-0.2, 0) is 0 Å². The van der Waals surface area contributed by atoms with Gasteiger partial charge in [0.15, 0.2) is 17.5 Å². The van der Waals surface area contributed by atoms with E-state index in [0.29, 0.717) is 17.5 Å². The van der Waals surface area contributed by atoms with E-state index in [1.54, 1.807) is 0 Å². The Labute approximate surface area is 330 Å². The molecule has 0 atom stereocenters. The molecule has 57 heavy (non-hydrogen) atoms. The van der Waals surface area contributed by atoms with Crippen LogP contribution < -0.4 is 0 Å². The van der Waals surface area contributed by atoms with Gasteiger partial charge in [-0.05, 0) is 65.2 Å². The Kier molecular flexibility index (Phi) is 7.03. The van der Waals surface area contributed by atoms with Gasteiger partial charge in [-0.15, -0.1) is 11.3 Å². The molecule has 0 saturated carbocycles. The van der Waals surface area contributed by atoms with Crippen LogP contribution in [0.15, 0.2) is 185 Å². The number of nitrogens with zero attached hydrogens (tertiary/aromatic N) is 3. The molecule has 12 rings (SSSR count). The molecule has 0 unspecified atom stereocenters. The summed E-state index contributed by atoms with van der Waals surface area (Å²) in [4.78, 5) is 15.1. The van der Waals surface area contributed by atoms with Gasteiger partial charge in [-0.3, -0.25) is 0 Å². The van der Waals surface area contributed by atoms with Crippen molar-refractivity contribution in [2.45, 2.75) is 0 Å². The Morgan fingerprint density at radius 3 is 1.70 bits per heavy atom. The summed E-state index contributed by atoms with van der Waals surface area (Å²) in [7, 11) is 0. The molecule has 0 spiro atoms. The third-order valence-corrected chi connectivity index (χ3v) is 12.1. The highest BCUT2D eigenvalue weighted by atomic mass is 32.1. The Bertz CT molecular complexity index is 3530. The summed E-state index contributed by atoms with van der Waals surface area (Å²) in [6.45, 7) is 0. The van der Waals surface area contributed by atoms with Gasteiger partial charge in [-0.2, -0.15) is 0 Å². The number of furan rings is 2. The maximum Gasteiger partial charge on any atom is 0.164 e. The normalized spacial score (nSPS) is 11.9. The second-order valence-electron chi connectivity index (χ2n) is 14.3. The largest absolute Gasteiger partial charge is 0.456 e. The van der Waals surface area contributed by atoms with Gasteiger partial charge in [0.05, 0.1) is 0 Å². The monoisotopic (exact) mass is 747 g/mol. The summed E-state index contributed by atoms with van der Waals surface area (Å²) in [5.41, 5.74) is 10.6. The maximum atomic E-state index is 6.69. The number of aromatic nitrogens is 3. The van der Waals surface area contributed by atoms with E-state index in [1.165, 1.54) is 20.2 Å². The third-order valence-electron chi connectivity index (χ3n) is 11.0. The summed E-state index contributed by atoms with van der Waals surface area (Å²) >= 11 is 1.83. The van der Waals surface area contributed by atoms with Crippen LogP contribution in [0.1, 0.15) is 0 Å². The molecule has 0 saturated heterocycles. The molecule has 0 radical (unpaired) electrons. The molecule has 0 fully saturated rings. The summed E-state index contributed by atoms with van der Waals surface area (Å²) < 4.78 is 15.4. The van der Waals surface area contributed by atoms with E-state index in [2.05, 4.69) is 109 Å². The Hall–Kier alpha value is -7.41. The molecule has 0 N–H and O–H groups in total. The smallest absolute Gasteiger partial charge is 0.164 e. The lowest BCUT2D eigenvalue weighted by Gasteiger charge is -2.11. The van der Waals surface area contributed by atoms with Crippen molar-refractivity contribution >= 4 is 75.4 Å². The van der Waals surface area contributed by atoms with Crippen LogP contribution in [0.2, 0.25) is 0 Å². The quantitative estimate of drug-likeness (QED) is 0.175. The number of benzene rings is 8. The fourth-order valence-corrected chi connectivity index (χ4v) is 9.35. The highest BCUT2D eigenvalue weighted by molar-refractivity contribution is 7.25. The molecule has 12 aromatic rings. The van der Waals surface area contributed by atoms with Crippen molar-refractivity contribution in [3.8, 4) is 56.4 Å². The van der Waals surface area contributed by atoms with Gasteiger partial charge in [0, 0.05) is 64.0 Å². The van der Waals surface area contributed by atoms with Crippen LogP contribution in [0.3, 0.4) is 0 Å². The van der Waals surface area contributed by atoms with Crippen molar-refractivity contribution in [3.63, 3.8) is 0 Å². The van der Waals surface area contributed by atoms with Crippen molar-refractivity contribution in [2.75, 3.05) is 0 Å². The summed E-state index contributed by atoms with van der Waals surface area (Å²) in [5.74, 6) is 1.83. The lowest BCUT2D eigenvalue weighted by Crippen LogP contribution is -2.00. The third kappa shape index (κ3) is 5.19. The van der Waals surface area contributed by atoms with Gasteiger partial charge in [0.25, 0.3) is 0 Å². The van der Waals surface area contributed by atoms with Crippen molar-refractivity contribution in [1.82, 2.24) is 15.0 Å². The lowest BCUT2D eigenvalue weighted by molar-refractivity contribution is 0.669. The first-order valence-electron chi connectivity index (χ1n) is 18.9. The van der Waals surface area contributed by atoms with E-state index < -0.39 is 0 Å². The Balaban J connectivity index is 0.976. The predicted octanol–water partition coefficient (Wildman–Crippen LogP) is 14.4. The SMILES string of the molecule is c1ccc(-c2nc(-c3ccc(-c4ccc(-c5ccc6c(c5)sc5ccccc56)c5oc6ccccc6c45)cc3)nc(-c3ccc4oc5ccccc5c4c3)n2)cc1. The molecule has 6 heteroatoms. The molecule has 0 aliphatic carbocycles. The molecule has 0 bridgehead atoms. The molecule has 0 aliphatic rings. The zero-order chi connectivity index (χ0) is 37.5. The summed E-state index contributed by atoms with van der Waals surface area (Å²) in [5, 5.41) is 6.86. The van der Waals surface area contributed by atoms with Crippen LogP contribution in [0, 0.1) is 0 Å². The van der Waals surface area contributed by atoms with E-state index in [4.69, 9.17) is 23.8 Å². The highest BCUT2D eigenvalue weighted by Gasteiger charge is 2.19. The average molecular weight is 748 g/mol. The van der Waals surface area contributed by atoms with Crippen LogP contribution in [0.4, 0.5) is 0 Å². The summed E-state index contributed by atoms with van der Waals surface area (Å²) in [6, 6.07) is 61.0. The molecule has 4 heterocycles. The standard InChI is InChI=1S/C51H29N3O2S/c1-2-10-31(11-3-1)49-52-50(54-51(53-49)34-23-27-44-41(28-34)37-12-4-7-15-42(37)55-44)32-20-18-30(19-21-32)35-25-26-36(48-47(35)40-14-5-8-16-43(40)56-48)33-22-24-39-38-13-6-9-17-45(38)57-46(39)29-33/h1-29H. The predicted molar refractivity (Wildman–Crippen MR) is 234 cm³/mol. The van der Waals surface area contributed by atoms with Gasteiger partial charge in [-0.25, -0.2) is 15.0 Å². The summed E-state index contributed by atoms with van der Waals surface area (Å²) in [6.07, 6.45) is 0. The van der Waals surface area contributed by atoms with Gasteiger partial charge >= 0.3 is 0 Å². The first-order valence-corrected chi connectivity index (χ1v) is 19.7. The van der Waals surface area contributed by atoms with Crippen LogP contribution in [-0.4, -0.2) is 15.0 Å². The minimum atomic E-state index is 0.603. The average Bonchev–Trinajstić information content (AvgIpc) is 3.97. The van der Waals surface area contributed by atoms with E-state index in [9.17, 15) is 0 Å². The van der Waals surface area contributed by atoms with Gasteiger partial charge in [0.2, 0.25) is 0 Å². The molecule has 266 valence electrons. The zero-order valence-electron chi connectivity index (χ0n) is 30.3. The number of thiophene rings is 1. The van der Waals surface area contributed by atoms with Crippen molar-refractivity contribution in [3.05, 3.63) is 176 Å². The van der Waals surface area contributed by atoms with Gasteiger partial charge in [0.1, 0.15) is 22.3 Å². The minimum absolute atomic E-state index is 0.603. The number of rotatable bonds is 5. The minimum Gasteiger partial charge on any atom is -0.456 e. The maximum absolute atomic E-state index is 6.69. The fourth-order valence-electron chi connectivity index (χ4n) is 8.20. The first-order chi connectivity index (χ1) is 28.2. The van der Waals surface area contributed by atoms with E-state index in [1.807, 2.05) is 78.1 Å². The highest BCUT2D eigenvalue weighted by Crippen LogP contribution is 2.44. The van der Waals surface area contributed by atoms with E-state index in [-0.39, 0.29) is 0 Å². The Morgan fingerprint density at radius 1 is 0.333 bits per heavy atom. The number of fused-ring (bicyclic) bond motifs is 9. The van der Waals surface area contributed by atoms with Crippen molar-refractivity contribution in [1.29, 1.82) is 0 Å². The number of para-hydroxylation sites is 2. The van der Waals surface area contributed by atoms with Gasteiger partial charge < -0.3 is 8.83 Å².